The molecule has 9 aliphatic carbocycles. The molecule has 0 heteroatoms. The van der Waals surface area contributed by atoms with E-state index in [1.165, 1.54) is 154 Å². The molecule has 0 aromatic heterocycles. The van der Waals surface area contributed by atoms with Crippen LogP contribution in [0.5, 0.6) is 0 Å². The fourth-order valence-electron chi connectivity index (χ4n) is 17.3. The summed E-state index contributed by atoms with van der Waals surface area (Å²) in [4.78, 5) is 0. The lowest BCUT2D eigenvalue weighted by atomic mass is 9.62. The fraction of sp³-hybridized carbons (Fsp3) is 0.931. The van der Waals surface area contributed by atoms with Crippen LogP contribution >= 0.6 is 0 Å². The first-order valence-corrected chi connectivity index (χ1v) is 28.2. The third kappa shape index (κ3) is 11.2. The summed E-state index contributed by atoms with van der Waals surface area (Å²) in [6, 6.07) is 0. The smallest absolute Gasteiger partial charge is 0.0200 e. The summed E-state index contributed by atoms with van der Waals surface area (Å²) >= 11 is 0. The van der Waals surface area contributed by atoms with Crippen molar-refractivity contribution in [2.45, 2.75) is 257 Å². The van der Waals surface area contributed by atoms with Crippen molar-refractivity contribution in [3.8, 4) is 0 Å². The third-order valence-corrected chi connectivity index (χ3v) is 20.9. The SMILES string of the molecule is C(=C(C1CCCCC1)C1CCCCC1)C1CCC(C2CCC(C3CCC(C4CCC(C5CCC(C=C(C6CCCCC6)C6CCCCC6)CC5)CC4)CC3)CC2)CC1. The van der Waals surface area contributed by atoms with Crippen molar-refractivity contribution < 1.29 is 0 Å². The van der Waals surface area contributed by atoms with Crippen LogP contribution in [0.2, 0.25) is 0 Å². The van der Waals surface area contributed by atoms with Crippen LogP contribution in [0.15, 0.2) is 23.3 Å². The molecular formula is C58H96. The molecule has 58 heavy (non-hydrogen) atoms. The van der Waals surface area contributed by atoms with Crippen LogP contribution in [0, 0.1) is 82.9 Å². The Labute approximate surface area is 361 Å². The third-order valence-electron chi connectivity index (χ3n) is 20.9. The van der Waals surface area contributed by atoms with E-state index in [4.69, 9.17) is 0 Å². The summed E-state index contributed by atoms with van der Waals surface area (Å²) in [6.07, 6.45) is 67.6. The van der Waals surface area contributed by atoms with E-state index in [1.807, 2.05) is 11.1 Å². The van der Waals surface area contributed by atoms with Gasteiger partial charge < -0.3 is 0 Å². The Morgan fingerprint density at radius 3 is 0.552 bits per heavy atom. The largest absolute Gasteiger partial charge is 0.0817 e. The first-order valence-electron chi connectivity index (χ1n) is 28.2. The maximum absolute atomic E-state index is 2.95. The minimum Gasteiger partial charge on any atom is -0.0817 e. The minimum atomic E-state index is 0.925. The van der Waals surface area contributed by atoms with Gasteiger partial charge in [-0.05, 0) is 263 Å². The maximum Gasteiger partial charge on any atom is -0.0200 e. The predicted octanol–water partition coefficient (Wildman–Crippen LogP) is 18.2. The second kappa shape index (κ2) is 21.7. The lowest BCUT2D eigenvalue weighted by Gasteiger charge is -2.44. The molecule has 9 saturated carbocycles. The minimum absolute atomic E-state index is 0.925. The van der Waals surface area contributed by atoms with E-state index in [-0.39, 0.29) is 0 Å². The van der Waals surface area contributed by atoms with E-state index >= 15 is 0 Å². The highest BCUT2D eigenvalue weighted by Crippen LogP contribution is 2.51. The van der Waals surface area contributed by atoms with Crippen LogP contribution in [0.1, 0.15) is 257 Å². The Morgan fingerprint density at radius 2 is 0.362 bits per heavy atom. The van der Waals surface area contributed by atoms with Crippen molar-refractivity contribution in [3.63, 3.8) is 0 Å². The van der Waals surface area contributed by atoms with Gasteiger partial charge in [0, 0.05) is 0 Å². The van der Waals surface area contributed by atoms with Gasteiger partial charge in [-0.2, -0.15) is 0 Å². The maximum atomic E-state index is 2.95. The highest BCUT2D eigenvalue weighted by molar-refractivity contribution is 5.16. The van der Waals surface area contributed by atoms with E-state index in [0.29, 0.717) is 0 Å². The molecule has 0 atom stereocenters. The average molecular weight is 793 g/mol. The number of rotatable bonds is 10. The molecule has 0 N–H and O–H groups in total. The molecule has 0 aromatic rings. The van der Waals surface area contributed by atoms with E-state index < -0.39 is 0 Å². The van der Waals surface area contributed by atoms with Crippen LogP contribution in [0.25, 0.3) is 0 Å². The summed E-state index contributed by atoms with van der Waals surface area (Å²) < 4.78 is 0. The Balaban J connectivity index is 0.668. The van der Waals surface area contributed by atoms with Gasteiger partial charge in [-0.15, -0.1) is 0 Å². The Bertz CT molecular complexity index is 1080. The lowest BCUT2D eigenvalue weighted by molar-refractivity contribution is 0.0782. The molecule has 0 amide bonds. The first-order chi connectivity index (χ1) is 28.7. The van der Waals surface area contributed by atoms with Gasteiger partial charge in [0.25, 0.3) is 0 Å². The summed E-state index contributed by atoms with van der Waals surface area (Å²) in [5.74, 6) is 14.4. The van der Waals surface area contributed by atoms with Gasteiger partial charge in [0.2, 0.25) is 0 Å². The molecule has 0 bridgehead atoms. The zero-order valence-electron chi connectivity index (χ0n) is 38.5. The second-order valence-corrected chi connectivity index (χ2v) is 24.0. The highest BCUT2D eigenvalue weighted by atomic mass is 14.4. The summed E-state index contributed by atoms with van der Waals surface area (Å²) in [7, 11) is 0. The van der Waals surface area contributed by atoms with Gasteiger partial charge in [0.05, 0.1) is 0 Å². The van der Waals surface area contributed by atoms with Gasteiger partial charge in [0.1, 0.15) is 0 Å². The quantitative estimate of drug-likeness (QED) is 0.193. The Hall–Kier alpha value is -0.520. The van der Waals surface area contributed by atoms with Crippen molar-refractivity contribution in [2.75, 3.05) is 0 Å². The van der Waals surface area contributed by atoms with Crippen LogP contribution < -0.4 is 0 Å². The Morgan fingerprint density at radius 1 is 0.190 bits per heavy atom. The normalized spacial score (nSPS) is 39.8. The zero-order valence-corrected chi connectivity index (χ0v) is 38.5. The van der Waals surface area contributed by atoms with Crippen molar-refractivity contribution in [2.24, 2.45) is 82.9 Å². The monoisotopic (exact) mass is 793 g/mol. The molecule has 9 aliphatic rings. The molecule has 0 radical (unpaired) electrons. The molecular weight excluding hydrogens is 697 g/mol. The van der Waals surface area contributed by atoms with Crippen LogP contribution in [-0.4, -0.2) is 0 Å². The van der Waals surface area contributed by atoms with Gasteiger partial charge >= 0.3 is 0 Å². The van der Waals surface area contributed by atoms with Crippen molar-refractivity contribution >= 4 is 0 Å². The predicted molar refractivity (Wildman–Crippen MR) is 250 cm³/mol. The van der Waals surface area contributed by atoms with Gasteiger partial charge in [-0.3, -0.25) is 0 Å². The molecule has 9 rings (SSSR count). The number of allylic oxidation sites excluding steroid dienone is 4. The lowest BCUT2D eigenvalue weighted by Crippen LogP contribution is -2.32. The average Bonchev–Trinajstić information content (AvgIpc) is 3.32. The Kier molecular flexibility index (Phi) is 16.0. The number of hydrogen-bond acceptors (Lipinski definition) is 0. The first kappa shape index (κ1) is 42.8. The van der Waals surface area contributed by atoms with E-state index in [9.17, 15) is 0 Å². The molecule has 0 aliphatic heterocycles. The molecule has 0 saturated heterocycles. The van der Waals surface area contributed by atoms with Crippen LogP contribution in [0.3, 0.4) is 0 Å². The summed E-state index contributed by atoms with van der Waals surface area (Å²) in [5, 5.41) is 0. The summed E-state index contributed by atoms with van der Waals surface area (Å²) in [5.41, 5.74) is 4.00. The molecule has 0 aromatic carbocycles. The highest BCUT2D eigenvalue weighted by Gasteiger charge is 2.39. The van der Waals surface area contributed by atoms with Crippen molar-refractivity contribution in [3.05, 3.63) is 23.3 Å². The van der Waals surface area contributed by atoms with E-state index in [2.05, 4.69) is 12.2 Å². The van der Waals surface area contributed by atoms with E-state index in [1.54, 1.807) is 103 Å². The van der Waals surface area contributed by atoms with Gasteiger partial charge in [-0.1, -0.05) is 100 Å². The standard InChI is InChI=1S/C58H96/c1-5-13-53(14-6-1)57(54-15-7-2-8-16-54)41-43-21-25-45(26-22-43)47-29-33-49(34-30-47)51-37-39-52(40-38-51)50-35-31-48(32-36-50)46-27-23-44(24-28-46)42-58(55-17-9-3-10-18-55)56-19-11-4-12-20-56/h41-56H,1-40H2. The molecule has 9 fully saturated rings. The topological polar surface area (TPSA) is 0 Å². The van der Waals surface area contributed by atoms with E-state index in [0.717, 1.165) is 82.9 Å². The van der Waals surface area contributed by atoms with Crippen LogP contribution in [0.4, 0.5) is 0 Å². The molecule has 0 nitrogen and oxygen atoms in total. The van der Waals surface area contributed by atoms with Gasteiger partial charge in [0.15, 0.2) is 0 Å². The van der Waals surface area contributed by atoms with Crippen molar-refractivity contribution in [1.29, 1.82) is 0 Å². The number of hydrogen-bond donors (Lipinski definition) is 0. The second-order valence-electron chi connectivity index (χ2n) is 24.0. The van der Waals surface area contributed by atoms with Crippen molar-refractivity contribution in [1.82, 2.24) is 0 Å². The van der Waals surface area contributed by atoms with Gasteiger partial charge in [-0.25, -0.2) is 0 Å². The fourth-order valence-corrected chi connectivity index (χ4v) is 17.3. The van der Waals surface area contributed by atoms with Crippen LogP contribution in [-0.2, 0) is 0 Å². The molecule has 0 spiro atoms. The summed E-state index contributed by atoms with van der Waals surface area (Å²) in [6.45, 7) is 0. The molecule has 328 valence electrons. The molecule has 0 unspecified atom stereocenters. The zero-order chi connectivity index (χ0) is 38.9. The molecule has 0 heterocycles.